The van der Waals surface area contributed by atoms with Gasteiger partial charge in [0, 0.05) is 33.9 Å². The number of hydrogen-bond donors (Lipinski definition) is 2. The number of anilines is 2. The number of sulfonamides is 1. The summed E-state index contributed by atoms with van der Waals surface area (Å²) in [5.74, 6) is 1.76. The van der Waals surface area contributed by atoms with Gasteiger partial charge in [-0.2, -0.15) is 0 Å². The van der Waals surface area contributed by atoms with Crippen LogP contribution in [-0.4, -0.2) is 27.1 Å². The first kappa shape index (κ1) is 217. The van der Waals surface area contributed by atoms with E-state index in [0.717, 1.165) is 11.1 Å². The van der Waals surface area contributed by atoms with E-state index in [0.29, 0.717) is 30.6 Å². The van der Waals surface area contributed by atoms with Gasteiger partial charge < -0.3 is 14.8 Å². The van der Waals surface area contributed by atoms with Gasteiger partial charge in [0.15, 0.2) is 23.2 Å². The van der Waals surface area contributed by atoms with Crippen molar-refractivity contribution < 1.29 is 39.1 Å². The number of nitrogens with zero attached hydrogens (tertiary/aromatic N) is 2. The largest absolute Gasteiger partial charge is 0.381 e. The van der Waals surface area contributed by atoms with E-state index < -0.39 is 430 Å². The van der Waals surface area contributed by atoms with E-state index in [1.807, 2.05) is 60.7 Å². The molecule has 3 N–H and O–H groups in total. The Morgan fingerprint density at radius 3 is 0.547 bits per heavy atom. The standard InChI is InChI=1S/C15H12N2O3S.C9H8N2O.C6H5ClO2S.I107/c18-21(19,13-9-5-2-6-10-13)17-15-11-14(20-16-15)12-7-3-1-4-8-12;10-9-6-8(12-11-9)7-4-2-1-3-5-7;7-10(8,9)6-4-2-1-3-5-6;1-55-57(4)59(6)61(8)63(10)65(12)67(14)69(16)71(18)73(20)75(22)77(24)79(26)81(28)83(30)85(32)87(34)89(36)91(38)93(40)95(42)97(44)99(46)101(48)103(50)105(52)107(54)106(53)104(51)102(49)100(47)98(45)96(43)94(41)92(39)90(37)88(35)86(33)84(31)82(29)80(27)78(25)76(23)74(21)72(19)70(17)68(15)66(13)64(11)62(9)60(7)58(5)56(2)3/h1-11H,(H,16,17);1-6H,(H2,10,11);1-5H;/q;;;-1. The number of nitrogens with one attached hydrogen (secondary N) is 1. The minimum Gasteiger partial charge on any atom is -0.381 e. The molecule has 970 valence electrons. The quantitative estimate of drug-likeness (QED) is 0.0280. The monoisotopic (exact) mass is 14200 g/mol. The molecule has 0 spiro atoms. The van der Waals surface area contributed by atoms with Gasteiger partial charge in [-0.1, -0.05) is 107 Å². The molecule has 0 aliphatic rings. The van der Waals surface area contributed by atoms with Gasteiger partial charge in [-0.25, -0.2) is 16.8 Å². The molecule has 0 fully saturated rings. The van der Waals surface area contributed by atoms with Gasteiger partial charge in [0.1, 0.15) is 0 Å². The number of nitrogen functional groups attached to an aromatic ring is 1. The van der Waals surface area contributed by atoms with Crippen LogP contribution >= 0.6 is 1430 Å². The van der Waals surface area contributed by atoms with Crippen LogP contribution in [0.15, 0.2) is 152 Å². The molecule has 6 aromatic rings. The van der Waals surface area contributed by atoms with Crippen LogP contribution in [0.25, 0.3) is 22.6 Å². The molecule has 0 saturated carbocycles. The zero-order valence-electron chi connectivity index (χ0n) is 62.8. The van der Waals surface area contributed by atoms with Crippen LogP contribution < -0.4 is 23.7 Å². The van der Waals surface area contributed by atoms with Crippen LogP contribution in [0.1, 0.15) is 0 Å². The van der Waals surface area contributed by atoms with Crippen molar-refractivity contribution >= 4 is 1460 Å². The smallest absolute Gasteiger partial charge is 0.263 e. The molecule has 0 saturated heterocycles. The van der Waals surface area contributed by atoms with E-state index in [2.05, 4.69) is 1020 Å². The molecule has 120 heteroatoms. The number of halogens is 108. The molecule has 0 amide bonds. The Morgan fingerprint density at radius 1 is 0.227 bits per heavy atom. The molecule has 2 aromatic heterocycles. The van der Waals surface area contributed by atoms with E-state index in [4.69, 9.17) is 25.5 Å². The summed E-state index contributed by atoms with van der Waals surface area (Å²) in [6.07, 6.45) is 0. The maximum absolute atomic E-state index is 12.2. The molecule has 0 atom stereocenters. The molecule has 150 heavy (non-hydrogen) atoms. The number of rotatable bonds is 58. The van der Waals surface area contributed by atoms with Gasteiger partial charge in [0.05, 0.1) is 9.79 Å². The van der Waals surface area contributed by atoms with Crippen molar-refractivity contribution in [1.29, 1.82) is 0 Å². The average Bonchev–Trinajstić information content (AvgIpc) is 1.06. The molecule has 0 aliphatic heterocycles. The molecule has 4 aromatic carbocycles. The first-order valence-corrected chi connectivity index (χ1v) is 698. The molecule has 10 nitrogen and oxygen atoms in total. The molecule has 0 unspecified atom stereocenters. The second-order valence-corrected chi connectivity index (χ2v) is 2570. The third kappa shape index (κ3) is 85.5. The predicted molar refractivity (Wildman–Crippen MR) is 1650 cm³/mol. The second kappa shape index (κ2) is 126. The van der Waals surface area contributed by atoms with Gasteiger partial charge in [0.2, 0.25) is 0 Å². The maximum atomic E-state index is 12.2. The van der Waals surface area contributed by atoms with Gasteiger partial charge >= 0.3 is 1430 Å². The van der Waals surface area contributed by atoms with E-state index >= 15 is 0 Å². The summed E-state index contributed by atoms with van der Waals surface area (Å²) in [6.45, 7) is 0. The van der Waals surface area contributed by atoms with Gasteiger partial charge in [-0.15, -0.1) is 0 Å². The van der Waals surface area contributed by atoms with Gasteiger partial charge in [0.25, 0.3) is 19.1 Å². The Labute approximate surface area is 1590 Å². The topological polar surface area (TPSA) is 158 Å². The van der Waals surface area contributed by atoms with Gasteiger partial charge in [-0.3, -0.25) is 4.72 Å². The Balaban J connectivity index is 0.00000107. The molecular weight excluding hydrogens is 14200 g/mol. The van der Waals surface area contributed by atoms with E-state index in [1.54, 1.807) is 48.5 Å². The van der Waals surface area contributed by atoms with Crippen molar-refractivity contribution in [2.45, 2.75) is 9.79 Å². The molecule has 2 heterocycles. The summed E-state index contributed by atoms with van der Waals surface area (Å²) in [5, 5.41) is 7.33. The normalized spacial score (nSPS) is 16.8. The van der Waals surface area contributed by atoms with Crippen molar-refractivity contribution in [3.63, 3.8) is 0 Å². The Morgan fingerprint density at radius 2 is 0.387 bits per heavy atom. The Hall–Kier alpha value is 73.2. The number of nitrogens with two attached hydrogens (primary N) is 1. The molecule has 6 rings (SSSR count). The summed E-state index contributed by atoms with van der Waals surface area (Å²) in [7, 11) is -34.2. The summed E-state index contributed by atoms with van der Waals surface area (Å²) >= 11 is 184. The van der Waals surface area contributed by atoms with Crippen LogP contribution in [-0.2, 0) is 19.1 Å². The molecule has 0 bridgehead atoms. The van der Waals surface area contributed by atoms with Crippen molar-refractivity contribution in [3.8, 4) is 22.6 Å². The van der Waals surface area contributed by atoms with Gasteiger partial charge in [-0.05, 0) is 24.3 Å². The van der Waals surface area contributed by atoms with Crippen LogP contribution in [0.2, 0.25) is 0 Å². The Kier molecular flexibility index (Phi) is 183. The summed E-state index contributed by atoms with van der Waals surface area (Å²) in [4.78, 5) is 0.311. The minimum absolute atomic E-state index is 0.136. The number of hydrogen-bond acceptors (Lipinski definition) is 9. The summed E-state index contributed by atoms with van der Waals surface area (Å²) in [5.41, 5.74) is 7.23. The minimum atomic E-state index is -3.65. The predicted octanol–water partition coefficient (Wildman–Crippen LogP) is 97.6. The summed E-state index contributed by atoms with van der Waals surface area (Å²) < 4.78 is 58.0. The first-order chi connectivity index (χ1) is 69.3. The fourth-order valence-corrected chi connectivity index (χ4v) is 21200. The summed E-state index contributed by atoms with van der Waals surface area (Å²) in [6, 6.07) is 38.3. The van der Waals surface area contributed by atoms with Crippen molar-refractivity contribution in [3.05, 3.63) is 133 Å². The molecular formula is C30H25ClI107N4O6S2-. The van der Waals surface area contributed by atoms with E-state index in [-0.39, 0.29) is 15.6 Å². The fourth-order valence-electron chi connectivity index (χ4n) is 5.03. The van der Waals surface area contributed by atoms with Crippen molar-refractivity contribution in [1.82, 2.24) is 10.3 Å². The Bertz CT molecular complexity index is 4940. The van der Waals surface area contributed by atoms with Crippen molar-refractivity contribution in [2.75, 3.05) is 10.5 Å². The van der Waals surface area contributed by atoms with E-state index in [9.17, 15) is 16.8 Å². The molecule has 0 aliphatic carbocycles. The number of aromatic nitrogens is 2. The van der Waals surface area contributed by atoms with Crippen molar-refractivity contribution in [2.24, 2.45) is 0 Å². The van der Waals surface area contributed by atoms with Crippen LogP contribution in [0, 0.1) is 0 Å². The average molecular weight is 14200 g/mol. The number of benzene rings is 4. The molecule has 0 radical (unpaired) electrons. The van der Waals surface area contributed by atoms with Crippen LogP contribution in [0.3, 0.4) is 0 Å². The van der Waals surface area contributed by atoms with Crippen LogP contribution in [0.5, 0.6) is 0 Å². The third-order valence-electron chi connectivity index (χ3n) is 9.68. The second-order valence-electron chi connectivity index (χ2n) is 17.1. The SMILES string of the molecule is I[I-]I(I)I(I)I(I)I(I)I(I)I(I)I(I)I(I)I(I)I(I)I(I)I(I)I(I)I(I)I(I)I(I)I(I)I(I)I(I)I(I)I(I)I(I)I(I)I(I)I(I)I(I)I(I)I(I)I(I)I(I)I(I)I(I)I(I)I(I)I(I)I(I)I(I)I(I)I(I)I(I)I(I)I(I)I(I)I(I)I(I)I(I)I(I)I(I)I(I)I(I)I(I)I(I)I.Nc1cc(-c2ccccc2)on1.O=S(=O)(Cl)c1ccccc1.O=S(=O)(Nc1cc(-c2ccccc2)on1)c1ccccc1. The maximum Gasteiger partial charge on any atom is 0.263 e. The fraction of sp³-hybridized carbons (Fsp3) is 0. The third-order valence-corrected chi connectivity index (χ3v) is 8520. The van der Waals surface area contributed by atoms with E-state index in [1.165, 1.54) is 24.3 Å². The zero-order valence-corrected chi connectivity index (χ0v) is 296. The van der Waals surface area contributed by atoms with Crippen LogP contribution in [0.4, 0.5) is 11.6 Å². The zero-order chi connectivity index (χ0) is 115. The first-order valence-electron chi connectivity index (χ1n) is 27.6.